The fourth-order valence-electron chi connectivity index (χ4n) is 4.17. The highest BCUT2D eigenvalue weighted by Crippen LogP contribution is 2.52. The van der Waals surface area contributed by atoms with E-state index in [4.69, 9.17) is 32.7 Å². The third-order valence-corrected chi connectivity index (χ3v) is 6.23. The number of hydrogen-bond acceptors (Lipinski definition) is 3. The lowest BCUT2D eigenvalue weighted by atomic mass is 9.75. The normalized spacial score (nSPS) is 24.0. The Morgan fingerprint density at radius 3 is 2.78 bits per heavy atom. The van der Waals surface area contributed by atoms with Crippen molar-refractivity contribution in [1.29, 1.82) is 0 Å². The zero-order chi connectivity index (χ0) is 19.0. The van der Waals surface area contributed by atoms with Crippen LogP contribution in [0.2, 0.25) is 10.0 Å². The van der Waals surface area contributed by atoms with Gasteiger partial charge in [0.05, 0.1) is 17.0 Å². The van der Waals surface area contributed by atoms with Crippen molar-refractivity contribution in [2.75, 3.05) is 6.61 Å². The predicted molar refractivity (Wildman–Crippen MR) is 106 cm³/mol. The monoisotopic (exact) mass is 402 g/mol. The van der Waals surface area contributed by atoms with Gasteiger partial charge in [0, 0.05) is 16.5 Å². The molecule has 140 valence electrons. The van der Waals surface area contributed by atoms with Gasteiger partial charge in [0.2, 0.25) is 0 Å². The molecule has 0 amide bonds. The molecule has 2 unspecified atom stereocenters. The standard InChI is InChI=1S/C22H20Cl2O3/c1-14-8-17-13-27-21(25)22(17,10-14)11-15-6-7-20(19(24)9-15)26-12-16-4-2-3-5-18(16)23/h2-7,9,17H,1,8,10-13H2. The predicted octanol–water partition coefficient (Wildman–Crippen LogP) is 5.62. The van der Waals surface area contributed by atoms with E-state index in [2.05, 4.69) is 6.58 Å². The first-order valence-electron chi connectivity index (χ1n) is 8.96. The van der Waals surface area contributed by atoms with Crippen molar-refractivity contribution in [2.45, 2.75) is 25.9 Å². The van der Waals surface area contributed by atoms with Gasteiger partial charge >= 0.3 is 5.97 Å². The molecule has 2 aliphatic rings. The molecule has 0 spiro atoms. The Labute approximate surface area is 168 Å². The van der Waals surface area contributed by atoms with Crippen LogP contribution in [0.3, 0.4) is 0 Å². The van der Waals surface area contributed by atoms with Crippen LogP contribution >= 0.6 is 23.2 Å². The maximum absolute atomic E-state index is 12.4. The highest BCUT2D eigenvalue weighted by Gasteiger charge is 2.55. The number of allylic oxidation sites excluding steroid dienone is 1. The van der Waals surface area contributed by atoms with Gasteiger partial charge in [-0.25, -0.2) is 0 Å². The molecule has 2 aromatic rings. The summed E-state index contributed by atoms with van der Waals surface area (Å²) in [4.78, 5) is 12.4. The molecule has 1 aliphatic heterocycles. The minimum atomic E-state index is -0.486. The lowest BCUT2D eigenvalue weighted by Crippen LogP contribution is -2.31. The van der Waals surface area contributed by atoms with Gasteiger partial charge in [-0.2, -0.15) is 0 Å². The molecule has 1 saturated heterocycles. The summed E-state index contributed by atoms with van der Waals surface area (Å²) in [7, 11) is 0. The van der Waals surface area contributed by atoms with Gasteiger partial charge in [-0.15, -0.1) is 0 Å². The summed E-state index contributed by atoms with van der Waals surface area (Å²) in [5.74, 6) is 0.702. The second-order valence-corrected chi connectivity index (χ2v) is 8.22. The number of esters is 1. The van der Waals surface area contributed by atoms with E-state index in [0.29, 0.717) is 41.9 Å². The minimum Gasteiger partial charge on any atom is -0.487 e. The number of ether oxygens (including phenoxy) is 2. The quantitative estimate of drug-likeness (QED) is 0.480. The van der Waals surface area contributed by atoms with Crippen LogP contribution in [0.15, 0.2) is 54.6 Å². The Morgan fingerprint density at radius 1 is 1.19 bits per heavy atom. The fraction of sp³-hybridized carbons (Fsp3) is 0.318. The average molecular weight is 403 g/mol. The molecule has 0 bridgehead atoms. The van der Waals surface area contributed by atoms with E-state index in [-0.39, 0.29) is 11.9 Å². The molecule has 5 heteroatoms. The topological polar surface area (TPSA) is 35.5 Å². The van der Waals surface area contributed by atoms with Gasteiger partial charge in [0.25, 0.3) is 0 Å². The van der Waals surface area contributed by atoms with Gasteiger partial charge < -0.3 is 9.47 Å². The Bertz CT molecular complexity index is 908. The highest BCUT2D eigenvalue weighted by molar-refractivity contribution is 6.32. The molecule has 2 fully saturated rings. The van der Waals surface area contributed by atoms with Crippen LogP contribution in [0.5, 0.6) is 5.75 Å². The van der Waals surface area contributed by atoms with Crippen molar-refractivity contribution in [1.82, 2.24) is 0 Å². The summed E-state index contributed by atoms with van der Waals surface area (Å²) < 4.78 is 11.2. The number of hydrogen-bond donors (Lipinski definition) is 0. The number of halogens is 2. The maximum Gasteiger partial charge on any atom is 0.313 e. The fourth-order valence-corrected chi connectivity index (χ4v) is 4.62. The van der Waals surface area contributed by atoms with Crippen LogP contribution in [-0.4, -0.2) is 12.6 Å². The smallest absolute Gasteiger partial charge is 0.313 e. The Hall–Kier alpha value is -1.97. The van der Waals surface area contributed by atoms with Crippen molar-refractivity contribution in [2.24, 2.45) is 11.3 Å². The summed E-state index contributed by atoms with van der Waals surface area (Å²) in [6, 6.07) is 13.2. The van der Waals surface area contributed by atoms with Crippen molar-refractivity contribution in [3.05, 3.63) is 75.8 Å². The summed E-state index contributed by atoms with van der Waals surface area (Å²) in [6.45, 7) is 4.92. The van der Waals surface area contributed by atoms with Crippen LogP contribution in [0, 0.1) is 11.3 Å². The van der Waals surface area contributed by atoms with E-state index in [1.54, 1.807) is 0 Å². The van der Waals surface area contributed by atoms with Gasteiger partial charge in [-0.1, -0.05) is 59.6 Å². The van der Waals surface area contributed by atoms with E-state index >= 15 is 0 Å². The van der Waals surface area contributed by atoms with E-state index in [1.807, 2.05) is 42.5 Å². The molecule has 3 nitrogen and oxygen atoms in total. The summed E-state index contributed by atoms with van der Waals surface area (Å²) >= 11 is 12.6. The first-order chi connectivity index (χ1) is 13.0. The molecule has 2 aromatic carbocycles. The van der Waals surface area contributed by atoms with Crippen molar-refractivity contribution in [3.8, 4) is 5.75 Å². The van der Waals surface area contributed by atoms with E-state index in [9.17, 15) is 4.79 Å². The van der Waals surface area contributed by atoms with Gasteiger partial charge in [0.15, 0.2) is 0 Å². The minimum absolute atomic E-state index is 0.110. The van der Waals surface area contributed by atoms with Crippen molar-refractivity contribution in [3.63, 3.8) is 0 Å². The van der Waals surface area contributed by atoms with Crippen molar-refractivity contribution < 1.29 is 14.3 Å². The highest BCUT2D eigenvalue weighted by atomic mass is 35.5. The second-order valence-electron chi connectivity index (χ2n) is 7.40. The Kier molecular flexibility index (Phi) is 4.92. The molecular formula is C22H20Cl2O3. The van der Waals surface area contributed by atoms with Crippen LogP contribution in [0.25, 0.3) is 0 Å². The summed E-state index contributed by atoms with van der Waals surface area (Å²) in [6.07, 6.45) is 2.16. The number of cyclic esters (lactones) is 1. The zero-order valence-electron chi connectivity index (χ0n) is 14.8. The number of benzene rings is 2. The third-order valence-electron chi connectivity index (χ3n) is 5.56. The van der Waals surface area contributed by atoms with E-state index in [0.717, 1.165) is 23.1 Å². The van der Waals surface area contributed by atoms with E-state index in [1.165, 1.54) is 0 Å². The molecule has 1 heterocycles. The molecule has 0 aromatic heterocycles. The molecule has 0 N–H and O–H groups in total. The third kappa shape index (κ3) is 3.46. The molecular weight excluding hydrogens is 383 g/mol. The summed E-state index contributed by atoms with van der Waals surface area (Å²) in [5, 5.41) is 1.19. The Morgan fingerprint density at radius 2 is 2.00 bits per heavy atom. The van der Waals surface area contributed by atoms with Crippen LogP contribution in [-0.2, 0) is 22.6 Å². The lowest BCUT2D eigenvalue weighted by molar-refractivity contribution is -0.146. The van der Waals surface area contributed by atoms with E-state index < -0.39 is 5.41 Å². The molecule has 27 heavy (non-hydrogen) atoms. The zero-order valence-corrected chi connectivity index (χ0v) is 16.4. The number of carbonyl (C=O) groups is 1. The SMILES string of the molecule is C=C1CC2COC(=O)C2(Cc2ccc(OCc3ccccc3Cl)c(Cl)c2)C1. The Balaban J connectivity index is 1.50. The van der Waals surface area contributed by atoms with Crippen molar-refractivity contribution >= 4 is 29.2 Å². The average Bonchev–Trinajstić information content (AvgIpc) is 3.10. The number of rotatable bonds is 5. The molecule has 2 atom stereocenters. The van der Waals surface area contributed by atoms with Gasteiger partial charge in [-0.05, 0) is 43.0 Å². The lowest BCUT2D eigenvalue weighted by Gasteiger charge is -2.24. The van der Waals surface area contributed by atoms with Crippen LogP contribution < -0.4 is 4.74 Å². The maximum atomic E-state index is 12.4. The second kappa shape index (κ2) is 7.21. The molecule has 4 rings (SSSR count). The molecule has 1 saturated carbocycles. The molecule has 0 radical (unpaired) electrons. The van der Waals surface area contributed by atoms with Gasteiger partial charge in [-0.3, -0.25) is 4.79 Å². The van der Waals surface area contributed by atoms with Gasteiger partial charge in [0.1, 0.15) is 12.4 Å². The largest absolute Gasteiger partial charge is 0.487 e. The first kappa shape index (κ1) is 18.4. The number of carbonyl (C=O) groups excluding carboxylic acids is 1. The molecule has 1 aliphatic carbocycles. The van der Waals surface area contributed by atoms with Crippen LogP contribution in [0.1, 0.15) is 24.0 Å². The summed E-state index contributed by atoms with van der Waals surface area (Å²) in [5.41, 5.74) is 2.55. The van der Waals surface area contributed by atoms with Crippen LogP contribution in [0.4, 0.5) is 0 Å². The number of fused-ring (bicyclic) bond motifs is 1. The first-order valence-corrected chi connectivity index (χ1v) is 9.72.